The summed E-state index contributed by atoms with van der Waals surface area (Å²) in [6.07, 6.45) is 8.80. The van der Waals surface area contributed by atoms with E-state index in [4.69, 9.17) is 12.2 Å². The predicted octanol–water partition coefficient (Wildman–Crippen LogP) is 3.92. The van der Waals surface area contributed by atoms with Crippen LogP contribution >= 0.6 is 28.1 Å². The fourth-order valence-electron chi connectivity index (χ4n) is 2.78. The molecule has 1 fully saturated rings. The summed E-state index contributed by atoms with van der Waals surface area (Å²) in [5.74, 6) is 0. The van der Waals surface area contributed by atoms with E-state index in [-0.39, 0.29) is 0 Å². The zero-order valence-corrected chi connectivity index (χ0v) is 14.7. The lowest BCUT2D eigenvalue weighted by Gasteiger charge is -2.16. The maximum absolute atomic E-state index is 5.40. The zero-order valence-electron chi connectivity index (χ0n) is 12.3. The lowest BCUT2D eigenvalue weighted by molar-refractivity contribution is 0.634. The third kappa shape index (κ3) is 4.30. The van der Waals surface area contributed by atoms with Crippen LogP contribution in [0.15, 0.2) is 41.1 Å². The molecule has 1 heterocycles. The summed E-state index contributed by atoms with van der Waals surface area (Å²) in [5, 5.41) is 11.7. The molecule has 116 valence electrons. The lowest BCUT2D eigenvalue weighted by Crippen LogP contribution is -2.35. The molecule has 1 aliphatic carbocycles. The molecule has 2 aromatic rings. The van der Waals surface area contributed by atoms with Crippen LogP contribution in [0.1, 0.15) is 31.2 Å². The van der Waals surface area contributed by atoms with Gasteiger partial charge in [-0.15, -0.1) is 0 Å². The summed E-state index contributed by atoms with van der Waals surface area (Å²) in [6.45, 7) is 0.740. The molecule has 0 spiro atoms. The van der Waals surface area contributed by atoms with Gasteiger partial charge in [0.05, 0.1) is 17.2 Å². The number of aromatic nitrogens is 2. The summed E-state index contributed by atoms with van der Waals surface area (Å²) in [5.41, 5.74) is 2.20. The van der Waals surface area contributed by atoms with Crippen LogP contribution in [0, 0.1) is 0 Å². The Morgan fingerprint density at radius 3 is 2.91 bits per heavy atom. The molecule has 0 bridgehead atoms. The molecule has 0 atom stereocenters. The average Bonchev–Trinajstić information content (AvgIpc) is 3.11. The van der Waals surface area contributed by atoms with Crippen molar-refractivity contribution >= 4 is 38.9 Å². The largest absolute Gasteiger partial charge is 0.360 e. The van der Waals surface area contributed by atoms with Gasteiger partial charge in [0.15, 0.2) is 5.11 Å². The maximum Gasteiger partial charge on any atom is 0.170 e. The van der Waals surface area contributed by atoms with E-state index >= 15 is 0 Å². The lowest BCUT2D eigenvalue weighted by atomic mass is 10.2. The van der Waals surface area contributed by atoms with Gasteiger partial charge in [-0.05, 0) is 58.7 Å². The summed E-state index contributed by atoms with van der Waals surface area (Å²) in [4.78, 5) is 0. The number of nitrogens with one attached hydrogen (secondary N) is 2. The van der Waals surface area contributed by atoms with Crippen molar-refractivity contribution in [3.63, 3.8) is 0 Å². The van der Waals surface area contributed by atoms with Crippen LogP contribution < -0.4 is 10.6 Å². The normalized spacial score (nSPS) is 15.0. The molecule has 22 heavy (non-hydrogen) atoms. The molecule has 1 aliphatic rings. The van der Waals surface area contributed by atoms with E-state index in [2.05, 4.69) is 43.8 Å². The number of benzene rings is 1. The second kappa shape index (κ2) is 7.24. The Kier molecular flexibility index (Phi) is 5.10. The highest BCUT2D eigenvalue weighted by atomic mass is 79.9. The number of thiocarbonyl (C=S) groups is 1. The predicted molar refractivity (Wildman–Crippen MR) is 97.1 cm³/mol. The molecule has 3 rings (SSSR count). The third-order valence-corrected chi connectivity index (χ3v) is 4.45. The van der Waals surface area contributed by atoms with Gasteiger partial charge in [0.25, 0.3) is 0 Å². The van der Waals surface area contributed by atoms with Crippen molar-refractivity contribution in [1.29, 1.82) is 0 Å². The molecule has 0 amide bonds. The van der Waals surface area contributed by atoms with E-state index < -0.39 is 0 Å². The minimum atomic E-state index is 0.532. The molecule has 0 radical (unpaired) electrons. The number of hydrogen-bond acceptors (Lipinski definition) is 2. The molecule has 1 aromatic carbocycles. The smallest absolute Gasteiger partial charge is 0.170 e. The molecule has 0 saturated heterocycles. The molecular formula is C16H19BrN4S. The van der Waals surface area contributed by atoms with Crippen molar-refractivity contribution in [2.75, 3.05) is 5.32 Å². The molecule has 2 N–H and O–H groups in total. The Morgan fingerprint density at radius 2 is 2.18 bits per heavy atom. The Labute approximate surface area is 144 Å². The van der Waals surface area contributed by atoms with Gasteiger partial charge in [0.2, 0.25) is 0 Å². The highest BCUT2D eigenvalue weighted by molar-refractivity contribution is 9.10. The van der Waals surface area contributed by atoms with Gasteiger partial charge in [-0.3, -0.25) is 4.68 Å². The Balaban J connectivity index is 1.59. The van der Waals surface area contributed by atoms with Crippen LogP contribution in [0.5, 0.6) is 0 Å². The average molecular weight is 379 g/mol. The first-order valence-electron chi connectivity index (χ1n) is 7.53. The van der Waals surface area contributed by atoms with Gasteiger partial charge in [-0.1, -0.05) is 25.0 Å². The number of rotatable bonds is 4. The van der Waals surface area contributed by atoms with Crippen molar-refractivity contribution in [3.8, 4) is 0 Å². The van der Waals surface area contributed by atoms with Gasteiger partial charge < -0.3 is 10.6 Å². The quantitative estimate of drug-likeness (QED) is 0.791. The van der Waals surface area contributed by atoms with E-state index in [0.717, 1.165) is 16.7 Å². The number of nitrogens with zero attached hydrogens (tertiary/aromatic N) is 2. The third-order valence-electron chi connectivity index (χ3n) is 3.82. The Hall–Kier alpha value is -1.40. The fourth-order valence-corrected chi connectivity index (χ4v) is 3.39. The summed E-state index contributed by atoms with van der Waals surface area (Å²) < 4.78 is 2.89. The standard InChI is InChI=1S/C16H19BrN4S/c17-13-9-18-21(11-13)10-12-4-3-7-15(8-12)20-16(22)19-14-5-1-2-6-14/h3-4,7-9,11,14H,1-2,5-6,10H2,(H2,19,20,22). The zero-order chi connectivity index (χ0) is 15.4. The highest BCUT2D eigenvalue weighted by Crippen LogP contribution is 2.18. The van der Waals surface area contributed by atoms with Crippen LogP contribution in [0.4, 0.5) is 5.69 Å². The monoisotopic (exact) mass is 378 g/mol. The molecule has 0 aliphatic heterocycles. The van der Waals surface area contributed by atoms with E-state index in [9.17, 15) is 0 Å². The minimum absolute atomic E-state index is 0.532. The molecule has 1 aromatic heterocycles. The van der Waals surface area contributed by atoms with Crippen molar-refractivity contribution in [3.05, 3.63) is 46.7 Å². The number of hydrogen-bond donors (Lipinski definition) is 2. The molecule has 4 nitrogen and oxygen atoms in total. The van der Waals surface area contributed by atoms with Crippen LogP contribution in [-0.4, -0.2) is 20.9 Å². The molecule has 6 heteroatoms. The second-order valence-corrected chi connectivity index (χ2v) is 6.96. The minimum Gasteiger partial charge on any atom is -0.360 e. The van der Waals surface area contributed by atoms with Gasteiger partial charge in [-0.2, -0.15) is 5.10 Å². The van der Waals surface area contributed by atoms with E-state index in [0.29, 0.717) is 11.2 Å². The van der Waals surface area contributed by atoms with Crippen molar-refractivity contribution in [2.24, 2.45) is 0 Å². The van der Waals surface area contributed by atoms with Crippen LogP contribution in [0.3, 0.4) is 0 Å². The second-order valence-electron chi connectivity index (χ2n) is 5.64. The SMILES string of the molecule is S=C(Nc1cccc(Cn2cc(Br)cn2)c1)NC1CCCC1. The van der Waals surface area contributed by atoms with Crippen molar-refractivity contribution in [2.45, 2.75) is 38.3 Å². The maximum atomic E-state index is 5.40. The van der Waals surface area contributed by atoms with Gasteiger partial charge >= 0.3 is 0 Å². The summed E-state index contributed by atoms with van der Waals surface area (Å²) >= 11 is 8.82. The number of anilines is 1. The molecule has 0 unspecified atom stereocenters. The van der Waals surface area contributed by atoms with Crippen LogP contribution in [0.2, 0.25) is 0 Å². The van der Waals surface area contributed by atoms with Gasteiger partial charge in [0.1, 0.15) is 0 Å². The molecule has 1 saturated carbocycles. The Morgan fingerprint density at radius 1 is 1.36 bits per heavy atom. The fraction of sp³-hybridized carbons (Fsp3) is 0.375. The van der Waals surface area contributed by atoms with E-state index in [1.54, 1.807) is 6.20 Å². The van der Waals surface area contributed by atoms with Gasteiger partial charge in [0, 0.05) is 17.9 Å². The number of halogens is 1. The summed E-state index contributed by atoms with van der Waals surface area (Å²) in [6, 6.07) is 8.80. The summed E-state index contributed by atoms with van der Waals surface area (Å²) in [7, 11) is 0. The first-order chi connectivity index (χ1) is 10.7. The van der Waals surface area contributed by atoms with Crippen molar-refractivity contribution < 1.29 is 0 Å². The Bertz CT molecular complexity index is 649. The first kappa shape index (κ1) is 15.5. The van der Waals surface area contributed by atoms with Crippen LogP contribution in [0.25, 0.3) is 0 Å². The van der Waals surface area contributed by atoms with Crippen LogP contribution in [-0.2, 0) is 6.54 Å². The topological polar surface area (TPSA) is 41.9 Å². The van der Waals surface area contributed by atoms with Crippen molar-refractivity contribution in [1.82, 2.24) is 15.1 Å². The van der Waals surface area contributed by atoms with E-state index in [1.807, 2.05) is 23.0 Å². The first-order valence-corrected chi connectivity index (χ1v) is 8.73. The highest BCUT2D eigenvalue weighted by Gasteiger charge is 2.15. The molecular weight excluding hydrogens is 360 g/mol. The van der Waals surface area contributed by atoms with Gasteiger partial charge in [-0.25, -0.2) is 0 Å². The van der Waals surface area contributed by atoms with E-state index in [1.165, 1.54) is 31.2 Å².